The topological polar surface area (TPSA) is 115 Å². The molecule has 1 aromatic heterocycles. The van der Waals surface area contributed by atoms with Gasteiger partial charge in [0, 0.05) is 11.9 Å². The van der Waals surface area contributed by atoms with Gasteiger partial charge in [0.2, 0.25) is 5.15 Å². The second kappa shape index (κ2) is 7.91. The highest BCUT2D eigenvalue weighted by molar-refractivity contribution is 6.32. The third-order valence-corrected chi connectivity index (χ3v) is 3.93. The first-order valence-corrected chi connectivity index (χ1v) is 7.72. The molecule has 0 radical (unpaired) electrons. The number of aromatic nitrogens is 1. The maximum Gasteiger partial charge on any atom is 0.341 e. The summed E-state index contributed by atoms with van der Waals surface area (Å²) in [5.74, 6) is -0.786. The fraction of sp³-hybridized carbons (Fsp3) is 0.250. The first-order chi connectivity index (χ1) is 11.9. The fourth-order valence-corrected chi connectivity index (χ4v) is 2.70. The number of aliphatic hydroxyl groups is 1. The molecule has 0 unspecified atom stereocenters. The van der Waals surface area contributed by atoms with E-state index in [1.807, 2.05) is 6.92 Å². The van der Waals surface area contributed by atoms with Gasteiger partial charge in [0.05, 0.1) is 18.6 Å². The summed E-state index contributed by atoms with van der Waals surface area (Å²) >= 11 is 5.86. The maximum absolute atomic E-state index is 12.0. The molecule has 8 nitrogen and oxygen atoms in total. The SMILES string of the molecule is CCc1c(CO)cccc1Nc1c(C(=O)OC)cnc(Cl)c1[N+](=O)[O-]. The van der Waals surface area contributed by atoms with E-state index in [9.17, 15) is 20.0 Å². The van der Waals surface area contributed by atoms with Gasteiger partial charge < -0.3 is 15.2 Å². The Labute approximate surface area is 148 Å². The minimum atomic E-state index is -0.786. The smallest absolute Gasteiger partial charge is 0.341 e. The zero-order valence-corrected chi connectivity index (χ0v) is 14.3. The van der Waals surface area contributed by atoms with E-state index in [-0.39, 0.29) is 23.0 Å². The van der Waals surface area contributed by atoms with E-state index in [1.165, 1.54) is 0 Å². The summed E-state index contributed by atoms with van der Waals surface area (Å²) in [6, 6.07) is 5.13. The van der Waals surface area contributed by atoms with Crippen LogP contribution in [0, 0.1) is 10.1 Å². The Kier molecular flexibility index (Phi) is 5.89. The molecule has 0 spiro atoms. The van der Waals surface area contributed by atoms with E-state index < -0.39 is 16.6 Å². The van der Waals surface area contributed by atoms with Crippen molar-refractivity contribution in [1.82, 2.24) is 4.98 Å². The van der Waals surface area contributed by atoms with Gasteiger partial charge >= 0.3 is 11.7 Å². The van der Waals surface area contributed by atoms with Gasteiger partial charge in [-0.3, -0.25) is 10.1 Å². The molecule has 0 saturated carbocycles. The monoisotopic (exact) mass is 365 g/mol. The van der Waals surface area contributed by atoms with Crippen LogP contribution in [-0.4, -0.2) is 28.1 Å². The minimum absolute atomic E-state index is 0.110. The number of hydrogen-bond acceptors (Lipinski definition) is 7. The lowest BCUT2D eigenvalue weighted by atomic mass is 10.0. The largest absolute Gasteiger partial charge is 0.465 e. The lowest BCUT2D eigenvalue weighted by Crippen LogP contribution is -2.10. The highest BCUT2D eigenvalue weighted by atomic mass is 35.5. The molecule has 0 aliphatic heterocycles. The molecular formula is C16H16ClN3O5. The van der Waals surface area contributed by atoms with Gasteiger partial charge in [-0.15, -0.1) is 0 Å². The number of nitrogens with zero attached hydrogens (tertiary/aromatic N) is 2. The summed E-state index contributed by atoms with van der Waals surface area (Å²) in [7, 11) is 1.16. The Morgan fingerprint density at radius 2 is 2.20 bits per heavy atom. The number of hydrogen-bond donors (Lipinski definition) is 2. The predicted octanol–water partition coefficient (Wildman–Crippen LogP) is 3.23. The molecule has 0 aliphatic rings. The third-order valence-electron chi connectivity index (χ3n) is 3.65. The summed E-state index contributed by atoms with van der Waals surface area (Å²) in [5.41, 5.74) is 1.21. The number of esters is 1. The summed E-state index contributed by atoms with van der Waals surface area (Å²) in [4.78, 5) is 26.4. The van der Waals surface area contributed by atoms with E-state index >= 15 is 0 Å². The number of anilines is 2. The number of nitro groups is 1. The van der Waals surface area contributed by atoms with Crippen LogP contribution in [0.2, 0.25) is 5.15 Å². The first-order valence-electron chi connectivity index (χ1n) is 7.34. The lowest BCUT2D eigenvalue weighted by molar-refractivity contribution is -0.384. The zero-order chi connectivity index (χ0) is 18.6. The molecule has 2 rings (SSSR count). The number of carbonyl (C=O) groups is 1. The Bertz CT molecular complexity index is 826. The Balaban J connectivity index is 2.68. The van der Waals surface area contributed by atoms with Crippen LogP contribution in [-0.2, 0) is 17.8 Å². The van der Waals surface area contributed by atoms with Crippen LogP contribution in [0.3, 0.4) is 0 Å². The average Bonchev–Trinajstić information content (AvgIpc) is 2.60. The highest BCUT2D eigenvalue weighted by Crippen LogP contribution is 2.37. The fourth-order valence-electron chi connectivity index (χ4n) is 2.49. The maximum atomic E-state index is 12.0. The van der Waals surface area contributed by atoms with Crippen molar-refractivity contribution in [1.29, 1.82) is 0 Å². The summed E-state index contributed by atoms with van der Waals surface area (Å²) in [6.07, 6.45) is 1.68. The van der Waals surface area contributed by atoms with Gasteiger partial charge in [-0.2, -0.15) is 0 Å². The summed E-state index contributed by atoms with van der Waals surface area (Å²) < 4.78 is 4.67. The van der Waals surface area contributed by atoms with Crippen LogP contribution in [0.1, 0.15) is 28.4 Å². The molecule has 0 aliphatic carbocycles. The van der Waals surface area contributed by atoms with Crippen molar-refractivity contribution in [2.45, 2.75) is 20.0 Å². The van der Waals surface area contributed by atoms with Crippen molar-refractivity contribution in [2.75, 3.05) is 12.4 Å². The quantitative estimate of drug-likeness (QED) is 0.349. The molecule has 2 aromatic rings. The molecule has 0 amide bonds. The van der Waals surface area contributed by atoms with Gasteiger partial charge in [-0.05, 0) is 23.6 Å². The number of halogens is 1. The third kappa shape index (κ3) is 3.70. The van der Waals surface area contributed by atoms with Gasteiger partial charge in [-0.25, -0.2) is 9.78 Å². The van der Waals surface area contributed by atoms with E-state index in [1.54, 1.807) is 18.2 Å². The Hall–Kier alpha value is -2.71. The lowest BCUT2D eigenvalue weighted by Gasteiger charge is -2.16. The number of nitrogens with one attached hydrogen (secondary N) is 1. The number of benzene rings is 1. The number of aliphatic hydroxyl groups excluding tert-OH is 1. The standard InChI is InChI=1S/C16H16ClN3O5/c1-3-10-9(8-21)5-4-6-12(10)19-13-11(16(22)25-2)7-18-15(17)14(13)20(23)24/h4-7,21H,3,8H2,1-2H3,(H,18,19). The molecule has 25 heavy (non-hydrogen) atoms. The van der Waals surface area contributed by atoms with Crippen molar-refractivity contribution in [3.63, 3.8) is 0 Å². The molecule has 0 fully saturated rings. The zero-order valence-electron chi connectivity index (χ0n) is 13.6. The van der Waals surface area contributed by atoms with E-state index in [0.29, 0.717) is 17.7 Å². The van der Waals surface area contributed by atoms with Gasteiger partial charge in [0.1, 0.15) is 11.3 Å². The van der Waals surface area contributed by atoms with E-state index in [0.717, 1.165) is 18.9 Å². The minimum Gasteiger partial charge on any atom is -0.465 e. The highest BCUT2D eigenvalue weighted by Gasteiger charge is 2.28. The number of pyridine rings is 1. The molecule has 0 saturated heterocycles. The molecule has 0 atom stereocenters. The molecule has 1 aromatic carbocycles. The Morgan fingerprint density at radius 3 is 2.76 bits per heavy atom. The van der Waals surface area contributed by atoms with Crippen molar-refractivity contribution in [3.8, 4) is 0 Å². The van der Waals surface area contributed by atoms with E-state index in [4.69, 9.17) is 11.6 Å². The van der Waals surface area contributed by atoms with Gasteiger partial charge in [0.15, 0.2) is 0 Å². The summed E-state index contributed by atoms with van der Waals surface area (Å²) in [5, 5.41) is 23.4. The number of carbonyl (C=O) groups excluding carboxylic acids is 1. The average molecular weight is 366 g/mol. The van der Waals surface area contributed by atoms with Crippen LogP contribution in [0.15, 0.2) is 24.4 Å². The van der Waals surface area contributed by atoms with Crippen molar-refractivity contribution >= 4 is 34.6 Å². The van der Waals surface area contributed by atoms with Crippen molar-refractivity contribution < 1.29 is 19.6 Å². The van der Waals surface area contributed by atoms with Crippen LogP contribution in [0.4, 0.5) is 17.1 Å². The second-order valence-corrected chi connectivity index (χ2v) is 5.37. The molecule has 1 heterocycles. The predicted molar refractivity (Wildman–Crippen MR) is 92.3 cm³/mol. The summed E-state index contributed by atoms with van der Waals surface area (Å²) in [6.45, 7) is 1.70. The van der Waals surface area contributed by atoms with E-state index in [2.05, 4.69) is 15.0 Å². The van der Waals surface area contributed by atoms with Crippen LogP contribution < -0.4 is 5.32 Å². The molecular weight excluding hydrogens is 350 g/mol. The molecule has 132 valence electrons. The second-order valence-electron chi connectivity index (χ2n) is 5.01. The first kappa shape index (κ1) is 18.6. The van der Waals surface area contributed by atoms with Gasteiger partial charge in [-0.1, -0.05) is 30.7 Å². The van der Waals surface area contributed by atoms with Crippen LogP contribution >= 0.6 is 11.6 Å². The molecule has 9 heteroatoms. The molecule has 2 N–H and O–H groups in total. The van der Waals surface area contributed by atoms with Crippen molar-refractivity contribution in [2.24, 2.45) is 0 Å². The number of methoxy groups -OCH3 is 1. The van der Waals surface area contributed by atoms with Crippen LogP contribution in [0.25, 0.3) is 0 Å². The normalized spacial score (nSPS) is 10.4. The number of rotatable bonds is 6. The number of ether oxygens (including phenoxy) is 1. The Morgan fingerprint density at radius 1 is 1.48 bits per heavy atom. The van der Waals surface area contributed by atoms with Gasteiger partial charge in [0.25, 0.3) is 0 Å². The van der Waals surface area contributed by atoms with Crippen LogP contribution in [0.5, 0.6) is 0 Å². The molecule has 0 bridgehead atoms. The van der Waals surface area contributed by atoms with Crippen molar-refractivity contribution in [3.05, 3.63) is 56.4 Å².